The van der Waals surface area contributed by atoms with Gasteiger partial charge in [0.25, 0.3) is 0 Å². The normalized spacial score (nSPS) is 23.1. The van der Waals surface area contributed by atoms with E-state index < -0.39 is 64.8 Å². The third kappa shape index (κ3) is 6.50. The number of anilines is 1. The summed E-state index contributed by atoms with van der Waals surface area (Å²) in [7, 11) is 0. The Hall–Kier alpha value is -4.45. The van der Waals surface area contributed by atoms with Gasteiger partial charge in [0.2, 0.25) is 11.8 Å². The Morgan fingerprint density at radius 1 is 0.958 bits per heavy atom. The van der Waals surface area contributed by atoms with Gasteiger partial charge in [0, 0.05) is 12.1 Å². The number of aromatic nitrogens is 1. The van der Waals surface area contributed by atoms with Crippen molar-refractivity contribution in [1.29, 1.82) is 0 Å². The van der Waals surface area contributed by atoms with Crippen LogP contribution in [0.3, 0.4) is 0 Å². The van der Waals surface area contributed by atoms with E-state index in [4.69, 9.17) is 4.74 Å². The summed E-state index contributed by atoms with van der Waals surface area (Å²) >= 11 is 0. The molecule has 0 bridgehead atoms. The molecule has 2 amide bonds. The molecule has 1 aromatic heterocycles. The molecule has 2 saturated heterocycles. The Kier molecular flexibility index (Phi) is 8.97. The highest BCUT2D eigenvalue weighted by atomic mass is 19.4. The Morgan fingerprint density at radius 2 is 1.69 bits per heavy atom. The van der Waals surface area contributed by atoms with E-state index in [-0.39, 0.29) is 24.8 Å². The van der Waals surface area contributed by atoms with Crippen LogP contribution in [-0.4, -0.2) is 34.6 Å². The number of alkyl halides is 6. The highest BCUT2D eigenvalue weighted by molar-refractivity contribution is 6.22. The second-order valence-corrected chi connectivity index (χ2v) is 12.4. The number of benzene rings is 2. The Labute approximate surface area is 272 Å². The third-order valence-corrected chi connectivity index (χ3v) is 9.27. The molecule has 252 valence electrons. The number of carbonyl (C=O) groups excluding carboxylic acids is 2. The molecule has 3 aromatic rings. The molecule has 0 saturated carbocycles. The van der Waals surface area contributed by atoms with Gasteiger partial charge < -0.3 is 9.84 Å². The van der Waals surface area contributed by atoms with Gasteiger partial charge >= 0.3 is 12.4 Å². The summed E-state index contributed by atoms with van der Waals surface area (Å²) in [6.45, 7) is 2.05. The van der Waals surface area contributed by atoms with Crippen molar-refractivity contribution < 1.29 is 45.8 Å². The van der Waals surface area contributed by atoms with Gasteiger partial charge in [0.15, 0.2) is 0 Å². The molecule has 2 aromatic carbocycles. The quantitative estimate of drug-likeness (QED) is 0.148. The zero-order valence-electron chi connectivity index (χ0n) is 25.8. The van der Waals surface area contributed by atoms with E-state index in [0.29, 0.717) is 36.3 Å². The number of hydrogen-bond donors (Lipinski definition) is 1. The van der Waals surface area contributed by atoms with Crippen LogP contribution in [0.2, 0.25) is 0 Å². The maximum absolute atomic E-state index is 13.9. The largest absolute Gasteiger partial charge is 0.508 e. The molecule has 2 aliphatic heterocycles. The first-order valence-electron chi connectivity index (χ1n) is 15.7. The second kappa shape index (κ2) is 12.9. The summed E-state index contributed by atoms with van der Waals surface area (Å²) < 4.78 is 88.2. The zero-order chi connectivity index (χ0) is 34.4. The number of fused-ring (bicyclic) bond motifs is 3. The van der Waals surface area contributed by atoms with Gasteiger partial charge in [-0.2, -0.15) is 26.3 Å². The number of phenolic OH excluding ortho intramolecular Hbond substituents is 1. The van der Waals surface area contributed by atoms with E-state index in [2.05, 4.69) is 4.98 Å². The zero-order valence-corrected chi connectivity index (χ0v) is 25.8. The van der Waals surface area contributed by atoms with Crippen LogP contribution < -0.4 is 4.90 Å². The first-order valence-corrected chi connectivity index (χ1v) is 15.7. The molecule has 2 fully saturated rings. The average molecular weight is 671 g/mol. The maximum atomic E-state index is 13.9. The van der Waals surface area contributed by atoms with Crippen molar-refractivity contribution in [1.82, 2.24) is 4.98 Å². The number of hydrogen-bond acceptors (Lipinski definition) is 5. The standard InChI is InChI=1S/C36H32F6N2O4/c1-2-6-22-15-27-32(34(47)44(33(27)46)25-17-23(35(37,38)39)16-24(18-25)36(40,41)42)28-19-48-30(31(22)28)11-10-21(29-9-3-4-12-43-29)13-20-7-5-8-26(45)14-20/h3-5,7-9,12-14,16-18,27-28,30,32,45H,2,6,10-11,15,19H2,1H3/b21-13-/t27-,28+,30-,32-/m1/s1. The van der Waals surface area contributed by atoms with Crippen LogP contribution in [0.15, 0.2) is 78.0 Å². The number of allylic oxidation sites excluding steroid dienone is 2. The van der Waals surface area contributed by atoms with Crippen molar-refractivity contribution >= 4 is 29.2 Å². The van der Waals surface area contributed by atoms with Crippen molar-refractivity contribution in [2.24, 2.45) is 17.8 Å². The van der Waals surface area contributed by atoms with E-state index >= 15 is 0 Å². The van der Waals surface area contributed by atoms with Gasteiger partial charge in [0.1, 0.15) is 5.75 Å². The lowest BCUT2D eigenvalue weighted by molar-refractivity contribution is -0.143. The van der Waals surface area contributed by atoms with E-state index in [1.165, 1.54) is 0 Å². The predicted octanol–water partition coefficient (Wildman–Crippen LogP) is 8.47. The van der Waals surface area contributed by atoms with E-state index in [0.717, 1.165) is 34.4 Å². The molecular weight excluding hydrogens is 638 g/mol. The first kappa shape index (κ1) is 33.5. The van der Waals surface area contributed by atoms with Crippen molar-refractivity contribution in [3.05, 3.63) is 100 Å². The van der Waals surface area contributed by atoms with Crippen LogP contribution in [0, 0.1) is 17.8 Å². The molecular formula is C36H32F6N2O4. The third-order valence-electron chi connectivity index (χ3n) is 9.27. The van der Waals surface area contributed by atoms with Gasteiger partial charge in [-0.05, 0) is 90.9 Å². The van der Waals surface area contributed by atoms with Crippen molar-refractivity contribution in [2.45, 2.75) is 57.5 Å². The lowest BCUT2D eigenvalue weighted by Gasteiger charge is -2.32. The number of pyridine rings is 1. The van der Waals surface area contributed by atoms with E-state index in [9.17, 15) is 41.0 Å². The molecule has 4 atom stereocenters. The Bertz CT molecular complexity index is 1750. The first-order chi connectivity index (χ1) is 22.8. The molecule has 6 rings (SSSR count). The SMILES string of the molecule is CCCC1=C2[C@@H](CC/C(=C/c3cccc(O)c3)c3ccccn3)OC[C@@H]2[C@@H]2C(=O)N(c3cc(C(F)(F)F)cc(C(F)(F)F)c3)C(=O)[C@@H]2C1. The van der Waals surface area contributed by atoms with Crippen LogP contribution in [0.4, 0.5) is 32.0 Å². The summed E-state index contributed by atoms with van der Waals surface area (Å²) in [5, 5.41) is 9.99. The fourth-order valence-electron chi connectivity index (χ4n) is 7.26. The minimum absolute atomic E-state index is 0.0236. The molecule has 0 unspecified atom stereocenters. The monoisotopic (exact) mass is 670 g/mol. The average Bonchev–Trinajstić information content (AvgIpc) is 3.57. The summed E-state index contributed by atoms with van der Waals surface area (Å²) in [5.41, 5.74) is 0.263. The van der Waals surface area contributed by atoms with Crippen LogP contribution in [0.25, 0.3) is 11.6 Å². The molecule has 48 heavy (non-hydrogen) atoms. The van der Waals surface area contributed by atoms with Crippen molar-refractivity contribution in [3.8, 4) is 5.75 Å². The minimum Gasteiger partial charge on any atom is -0.508 e. The number of halogens is 6. The lowest BCUT2D eigenvalue weighted by atomic mass is 9.68. The molecule has 3 aliphatic rings. The minimum atomic E-state index is -5.13. The molecule has 0 radical (unpaired) electrons. The number of aromatic hydroxyl groups is 1. The number of carbonyl (C=O) groups is 2. The van der Waals surface area contributed by atoms with Crippen LogP contribution >= 0.6 is 0 Å². The van der Waals surface area contributed by atoms with Crippen LogP contribution in [0.1, 0.15) is 61.4 Å². The number of imide groups is 1. The van der Waals surface area contributed by atoms with E-state index in [1.807, 2.05) is 31.2 Å². The summed E-state index contributed by atoms with van der Waals surface area (Å²) in [5.74, 6) is -3.95. The topological polar surface area (TPSA) is 79.7 Å². The number of ether oxygens (including phenoxy) is 1. The number of amides is 2. The number of rotatable bonds is 8. The fraction of sp³-hybridized carbons (Fsp3) is 0.361. The fourth-order valence-corrected chi connectivity index (χ4v) is 7.26. The van der Waals surface area contributed by atoms with Crippen molar-refractivity contribution in [2.75, 3.05) is 11.5 Å². The van der Waals surface area contributed by atoms with Gasteiger partial charge in [0.05, 0.1) is 47.1 Å². The highest BCUT2D eigenvalue weighted by Crippen LogP contribution is 2.52. The van der Waals surface area contributed by atoms with Crippen LogP contribution in [-0.2, 0) is 26.7 Å². The molecule has 3 heterocycles. The molecule has 6 nitrogen and oxygen atoms in total. The lowest BCUT2D eigenvalue weighted by Crippen LogP contribution is -2.34. The molecule has 1 N–H and O–H groups in total. The molecule has 1 aliphatic carbocycles. The molecule has 12 heteroatoms. The van der Waals surface area contributed by atoms with Gasteiger partial charge in [-0.25, -0.2) is 4.90 Å². The molecule has 0 spiro atoms. The van der Waals surface area contributed by atoms with Gasteiger partial charge in [-0.1, -0.05) is 37.1 Å². The Balaban J connectivity index is 1.31. The van der Waals surface area contributed by atoms with E-state index in [1.54, 1.807) is 30.5 Å². The predicted molar refractivity (Wildman–Crippen MR) is 165 cm³/mol. The second-order valence-electron chi connectivity index (χ2n) is 12.4. The van der Waals surface area contributed by atoms with Gasteiger partial charge in [-0.15, -0.1) is 0 Å². The number of nitrogens with zero attached hydrogens (tertiary/aromatic N) is 2. The Morgan fingerprint density at radius 3 is 2.31 bits per heavy atom. The summed E-state index contributed by atoms with van der Waals surface area (Å²) in [6.07, 6.45) is -4.59. The summed E-state index contributed by atoms with van der Waals surface area (Å²) in [4.78, 5) is 32.6. The highest BCUT2D eigenvalue weighted by Gasteiger charge is 2.57. The summed E-state index contributed by atoms with van der Waals surface area (Å²) in [6, 6.07) is 13.1. The maximum Gasteiger partial charge on any atom is 0.416 e. The van der Waals surface area contributed by atoms with Gasteiger partial charge in [-0.3, -0.25) is 14.6 Å². The van der Waals surface area contributed by atoms with Crippen molar-refractivity contribution in [3.63, 3.8) is 0 Å². The smallest absolute Gasteiger partial charge is 0.416 e. The number of phenols is 1. The van der Waals surface area contributed by atoms with Crippen LogP contribution in [0.5, 0.6) is 5.75 Å².